The highest BCUT2D eigenvalue weighted by molar-refractivity contribution is 6.01. The minimum absolute atomic E-state index is 0.128. The highest BCUT2D eigenvalue weighted by Crippen LogP contribution is 2.40. The Labute approximate surface area is 147 Å². The highest BCUT2D eigenvalue weighted by atomic mass is 16.7. The normalized spacial score (nSPS) is 23.4. The first-order valence-electron chi connectivity index (χ1n) is 8.34. The zero-order valence-electron chi connectivity index (χ0n) is 14.3. The molecule has 0 spiro atoms. The molecule has 2 aromatic carbocycles. The molecule has 5 heteroatoms. The summed E-state index contributed by atoms with van der Waals surface area (Å²) in [7, 11) is 1.66. The Morgan fingerprint density at radius 3 is 2.24 bits per heavy atom. The van der Waals surface area contributed by atoms with Gasteiger partial charge in [0.2, 0.25) is 0 Å². The second-order valence-electron chi connectivity index (χ2n) is 5.94. The minimum Gasteiger partial charge on any atom is -0.465 e. The van der Waals surface area contributed by atoms with E-state index in [1.807, 2.05) is 48.5 Å². The van der Waals surface area contributed by atoms with Crippen molar-refractivity contribution in [2.24, 2.45) is 5.92 Å². The maximum Gasteiger partial charge on any atom is 0.326 e. The van der Waals surface area contributed by atoms with Gasteiger partial charge in [-0.1, -0.05) is 60.7 Å². The number of nitrogens with zero attached hydrogens (tertiary/aromatic N) is 1. The second-order valence-corrected chi connectivity index (χ2v) is 5.94. The molecule has 130 valence electrons. The number of benzene rings is 2. The van der Waals surface area contributed by atoms with Crippen LogP contribution in [0, 0.1) is 5.92 Å². The van der Waals surface area contributed by atoms with Crippen molar-refractivity contribution in [2.45, 2.75) is 19.1 Å². The van der Waals surface area contributed by atoms with Crippen LogP contribution in [-0.4, -0.2) is 36.5 Å². The van der Waals surface area contributed by atoms with Crippen molar-refractivity contribution < 1.29 is 19.2 Å². The lowest BCUT2D eigenvalue weighted by molar-refractivity contribution is -0.172. The molecule has 1 saturated heterocycles. The zero-order valence-corrected chi connectivity index (χ0v) is 14.3. The van der Waals surface area contributed by atoms with Crippen molar-refractivity contribution in [1.82, 2.24) is 5.06 Å². The molecule has 1 heterocycles. The van der Waals surface area contributed by atoms with Crippen LogP contribution in [0.25, 0.3) is 0 Å². The number of carbonyl (C=O) groups is 2. The van der Waals surface area contributed by atoms with Gasteiger partial charge in [0, 0.05) is 12.6 Å². The van der Waals surface area contributed by atoms with Crippen molar-refractivity contribution in [1.29, 1.82) is 0 Å². The Morgan fingerprint density at radius 1 is 1.04 bits per heavy atom. The quantitative estimate of drug-likeness (QED) is 0.619. The number of Topliss-reactive ketones (excluding diaryl/α,β-unsaturated/α-hetero) is 1. The first-order chi connectivity index (χ1) is 12.1. The van der Waals surface area contributed by atoms with Gasteiger partial charge in [0.25, 0.3) is 0 Å². The van der Waals surface area contributed by atoms with Crippen LogP contribution >= 0.6 is 0 Å². The third-order valence-electron chi connectivity index (χ3n) is 4.36. The molecule has 0 unspecified atom stereocenters. The average molecular weight is 339 g/mol. The number of carbonyl (C=O) groups excluding carboxylic acids is 2. The van der Waals surface area contributed by atoms with Crippen LogP contribution in [-0.2, 0) is 14.4 Å². The summed E-state index contributed by atoms with van der Waals surface area (Å²) in [6, 6.07) is 17.7. The molecular weight excluding hydrogens is 318 g/mol. The number of likely N-dealkylation sites (N-methyl/N-ethyl adjacent to an activating group) is 1. The van der Waals surface area contributed by atoms with E-state index in [4.69, 9.17) is 9.57 Å². The third-order valence-corrected chi connectivity index (χ3v) is 4.36. The van der Waals surface area contributed by atoms with E-state index in [1.165, 1.54) is 5.06 Å². The van der Waals surface area contributed by atoms with Crippen molar-refractivity contribution in [3.63, 3.8) is 0 Å². The standard InChI is InChI=1S/C20H21NO4/c1-3-24-20(23)17-16(18(22)14-10-6-4-7-11-14)19(25-21(17)2)15-12-8-5-9-13-15/h4-13,16-17,19H,3H2,1-2H3/t16-,17+,19-/m1/s1. The maximum atomic E-state index is 13.2. The molecular formula is C20H21NO4. The fraction of sp³-hybridized carbons (Fsp3) is 0.300. The van der Waals surface area contributed by atoms with E-state index in [1.54, 1.807) is 26.1 Å². The van der Waals surface area contributed by atoms with Crippen molar-refractivity contribution in [3.05, 3.63) is 71.8 Å². The Kier molecular flexibility index (Phi) is 5.26. The van der Waals surface area contributed by atoms with Crippen LogP contribution in [0.3, 0.4) is 0 Å². The number of ketones is 1. The van der Waals surface area contributed by atoms with Gasteiger partial charge in [-0.05, 0) is 12.5 Å². The number of hydroxylamine groups is 2. The number of hydrogen-bond acceptors (Lipinski definition) is 5. The van der Waals surface area contributed by atoms with E-state index in [2.05, 4.69) is 0 Å². The van der Waals surface area contributed by atoms with Gasteiger partial charge < -0.3 is 4.74 Å². The van der Waals surface area contributed by atoms with Gasteiger partial charge in [0.05, 0.1) is 12.5 Å². The SMILES string of the molecule is CCOC(=O)[C@@H]1[C@H](C(=O)c2ccccc2)[C@@H](c2ccccc2)ON1C. The molecule has 2 aromatic rings. The molecule has 1 aliphatic heterocycles. The number of rotatable bonds is 5. The monoisotopic (exact) mass is 339 g/mol. The molecule has 1 fully saturated rings. The molecule has 0 aromatic heterocycles. The largest absolute Gasteiger partial charge is 0.465 e. The third kappa shape index (κ3) is 3.48. The predicted octanol–water partition coefficient (Wildman–Crippen LogP) is 3.04. The van der Waals surface area contributed by atoms with Gasteiger partial charge in [-0.2, -0.15) is 5.06 Å². The van der Waals surface area contributed by atoms with Gasteiger partial charge in [-0.3, -0.25) is 14.4 Å². The zero-order chi connectivity index (χ0) is 17.8. The van der Waals surface area contributed by atoms with Crippen LogP contribution in [0.1, 0.15) is 28.9 Å². The Bertz CT molecular complexity index is 732. The molecule has 5 nitrogen and oxygen atoms in total. The van der Waals surface area contributed by atoms with Gasteiger partial charge in [0.15, 0.2) is 5.78 Å². The van der Waals surface area contributed by atoms with E-state index in [0.717, 1.165) is 5.56 Å². The van der Waals surface area contributed by atoms with Crippen LogP contribution in [0.5, 0.6) is 0 Å². The summed E-state index contributed by atoms with van der Waals surface area (Å²) in [5.74, 6) is -1.25. The summed E-state index contributed by atoms with van der Waals surface area (Å²) < 4.78 is 5.18. The molecule has 0 bridgehead atoms. The lowest BCUT2D eigenvalue weighted by atomic mass is 9.84. The van der Waals surface area contributed by atoms with E-state index < -0.39 is 24.0 Å². The molecule has 3 rings (SSSR count). The molecule has 0 aliphatic carbocycles. The molecule has 25 heavy (non-hydrogen) atoms. The highest BCUT2D eigenvalue weighted by Gasteiger charge is 2.51. The second kappa shape index (κ2) is 7.59. The van der Waals surface area contributed by atoms with Crippen LogP contribution in [0.2, 0.25) is 0 Å². The predicted molar refractivity (Wildman–Crippen MR) is 92.7 cm³/mol. The first-order valence-corrected chi connectivity index (χ1v) is 8.34. The summed E-state index contributed by atoms with van der Waals surface area (Å²) in [6.07, 6.45) is -0.534. The first kappa shape index (κ1) is 17.3. The average Bonchev–Trinajstić information content (AvgIpc) is 3.00. The van der Waals surface area contributed by atoms with Crippen LogP contribution < -0.4 is 0 Å². The molecule has 0 saturated carbocycles. The smallest absolute Gasteiger partial charge is 0.326 e. The summed E-state index contributed by atoms with van der Waals surface area (Å²) >= 11 is 0. The molecule has 0 N–H and O–H groups in total. The number of ether oxygens (including phenoxy) is 1. The Balaban J connectivity index is 2.01. The van der Waals surface area contributed by atoms with Crippen LogP contribution in [0.4, 0.5) is 0 Å². The summed E-state index contributed by atoms with van der Waals surface area (Å²) in [5.41, 5.74) is 1.41. The van der Waals surface area contributed by atoms with Gasteiger partial charge in [-0.25, -0.2) is 0 Å². The van der Waals surface area contributed by atoms with Crippen molar-refractivity contribution in [2.75, 3.05) is 13.7 Å². The molecule has 0 radical (unpaired) electrons. The maximum absolute atomic E-state index is 13.2. The van der Waals surface area contributed by atoms with Gasteiger partial charge in [0.1, 0.15) is 12.1 Å². The Hall–Kier alpha value is -2.50. The van der Waals surface area contributed by atoms with Crippen molar-refractivity contribution >= 4 is 11.8 Å². The summed E-state index contributed by atoms with van der Waals surface area (Å²) in [6.45, 7) is 2.00. The summed E-state index contributed by atoms with van der Waals surface area (Å²) in [4.78, 5) is 31.6. The van der Waals surface area contributed by atoms with Gasteiger partial charge in [-0.15, -0.1) is 0 Å². The lowest BCUT2D eigenvalue weighted by Crippen LogP contribution is -2.41. The van der Waals surface area contributed by atoms with E-state index >= 15 is 0 Å². The van der Waals surface area contributed by atoms with Crippen molar-refractivity contribution in [3.8, 4) is 0 Å². The molecule has 3 atom stereocenters. The Morgan fingerprint density at radius 2 is 1.64 bits per heavy atom. The van der Waals surface area contributed by atoms with E-state index in [0.29, 0.717) is 5.56 Å². The van der Waals surface area contributed by atoms with E-state index in [-0.39, 0.29) is 12.4 Å². The minimum atomic E-state index is -0.780. The molecule has 1 aliphatic rings. The number of hydrogen-bond donors (Lipinski definition) is 0. The summed E-state index contributed by atoms with van der Waals surface area (Å²) in [5, 5.41) is 1.45. The topological polar surface area (TPSA) is 55.8 Å². The van der Waals surface area contributed by atoms with Crippen LogP contribution in [0.15, 0.2) is 60.7 Å². The van der Waals surface area contributed by atoms with E-state index in [9.17, 15) is 9.59 Å². The fourth-order valence-electron chi connectivity index (χ4n) is 3.21. The fourth-order valence-corrected chi connectivity index (χ4v) is 3.21. The number of esters is 1. The van der Waals surface area contributed by atoms with Gasteiger partial charge >= 0.3 is 5.97 Å². The molecule has 0 amide bonds. The lowest BCUT2D eigenvalue weighted by Gasteiger charge is -2.21.